The average molecular weight is 417 g/mol. The molecule has 0 fully saturated rings. The van der Waals surface area contributed by atoms with Crippen LogP contribution in [0.25, 0.3) is 0 Å². The third-order valence-electron chi connectivity index (χ3n) is 4.52. The van der Waals surface area contributed by atoms with Gasteiger partial charge in [0.25, 0.3) is 11.8 Å². The third-order valence-corrected chi connectivity index (χ3v) is 4.52. The van der Waals surface area contributed by atoms with Gasteiger partial charge in [0, 0.05) is 37.9 Å². The van der Waals surface area contributed by atoms with Crippen LogP contribution in [0.4, 0.5) is 0 Å². The first kappa shape index (κ1) is 23.6. The highest BCUT2D eigenvalue weighted by Crippen LogP contribution is 2.05. The number of rotatable bonds is 15. The summed E-state index contributed by atoms with van der Waals surface area (Å²) < 4.78 is 10.2. The minimum atomic E-state index is -0.308. The summed E-state index contributed by atoms with van der Waals surface area (Å²) in [5.41, 5.74) is 7.33. The average Bonchev–Trinajstić information content (AvgIpc) is 3.31. The molecule has 0 radical (unpaired) electrons. The Kier molecular flexibility index (Phi) is 11.2. The highest BCUT2D eigenvalue weighted by atomic mass is 16.5. The minimum absolute atomic E-state index is 0.188. The monoisotopic (exact) mass is 416 g/mol. The molecule has 1 heterocycles. The molecule has 2 amide bonds. The number of aromatic nitrogens is 1. The van der Waals surface area contributed by atoms with Crippen LogP contribution in [-0.4, -0.2) is 36.7 Å². The van der Waals surface area contributed by atoms with Gasteiger partial charge in [-0.2, -0.15) is 0 Å². The Bertz CT molecular complexity index is 732. The van der Waals surface area contributed by atoms with Crippen LogP contribution in [0.1, 0.15) is 71.9 Å². The summed E-state index contributed by atoms with van der Waals surface area (Å²) >= 11 is 0. The van der Waals surface area contributed by atoms with E-state index >= 15 is 0 Å². The molecule has 0 aliphatic rings. The highest BCUT2D eigenvalue weighted by Gasteiger charge is 2.09. The van der Waals surface area contributed by atoms with Crippen LogP contribution in [0.3, 0.4) is 0 Å². The highest BCUT2D eigenvalue weighted by molar-refractivity contribution is 5.94. The van der Waals surface area contributed by atoms with E-state index in [2.05, 4.69) is 32.8 Å². The molecule has 1 aromatic heterocycles. The zero-order valence-corrected chi connectivity index (χ0v) is 17.6. The van der Waals surface area contributed by atoms with Gasteiger partial charge in [0.1, 0.15) is 6.26 Å². The maximum Gasteiger partial charge on any atom is 0.273 e. The minimum Gasteiger partial charge on any atom is -0.381 e. The van der Waals surface area contributed by atoms with Crippen molar-refractivity contribution in [2.24, 2.45) is 0 Å². The van der Waals surface area contributed by atoms with Crippen molar-refractivity contribution in [2.75, 3.05) is 19.8 Å². The molecule has 2 rings (SSSR count). The van der Waals surface area contributed by atoms with Gasteiger partial charge in [0.05, 0.1) is 0 Å². The first-order chi connectivity index (χ1) is 14.7. The van der Waals surface area contributed by atoms with Crippen LogP contribution in [-0.2, 0) is 11.3 Å². The second kappa shape index (κ2) is 14.3. The molecule has 0 saturated carbocycles. The van der Waals surface area contributed by atoms with Gasteiger partial charge < -0.3 is 14.6 Å². The maximum atomic E-state index is 12.2. The van der Waals surface area contributed by atoms with Gasteiger partial charge in [0.15, 0.2) is 5.69 Å². The maximum absolute atomic E-state index is 12.2. The second-order valence-corrected chi connectivity index (χ2v) is 7.03. The Morgan fingerprint density at radius 2 is 1.73 bits per heavy atom. The molecule has 0 bridgehead atoms. The lowest BCUT2D eigenvalue weighted by molar-refractivity contribution is 0.0926. The standard InChI is InChI=1S/C22H32N4O4/c1-2-3-6-14-29-15-7-4-5-13-24-25-21(27)19-10-8-18(9-11-19)17-23-22(28)20-12-16-30-26-20/h8-12,16,24H,2-7,13-15,17H2,1H3,(H,23,28)(H,25,27). The number of nitrogens with zero attached hydrogens (tertiary/aromatic N) is 1. The number of unbranched alkanes of at least 4 members (excludes halogenated alkanes) is 4. The fourth-order valence-corrected chi connectivity index (χ4v) is 2.74. The summed E-state index contributed by atoms with van der Waals surface area (Å²) in [4.78, 5) is 24.0. The van der Waals surface area contributed by atoms with E-state index in [9.17, 15) is 9.59 Å². The van der Waals surface area contributed by atoms with Crippen LogP contribution in [0.5, 0.6) is 0 Å². The molecule has 0 aliphatic carbocycles. The van der Waals surface area contributed by atoms with E-state index in [1.54, 1.807) is 24.3 Å². The lowest BCUT2D eigenvalue weighted by Crippen LogP contribution is -2.37. The number of amides is 2. The van der Waals surface area contributed by atoms with E-state index in [0.29, 0.717) is 18.7 Å². The largest absolute Gasteiger partial charge is 0.381 e. The number of benzene rings is 1. The van der Waals surface area contributed by atoms with Crippen molar-refractivity contribution in [3.8, 4) is 0 Å². The van der Waals surface area contributed by atoms with Gasteiger partial charge in [-0.1, -0.05) is 37.1 Å². The summed E-state index contributed by atoms with van der Waals surface area (Å²) in [5.74, 6) is -0.495. The molecule has 2 aromatic rings. The van der Waals surface area contributed by atoms with Crippen LogP contribution < -0.4 is 16.2 Å². The molecule has 0 aliphatic heterocycles. The second-order valence-electron chi connectivity index (χ2n) is 7.03. The molecular formula is C22H32N4O4. The molecule has 8 heteroatoms. The summed E-state index contributed by atoms with van der Waals surface area (Å²) in [6, 6.07) is 8.56. The van der Waals surface area contributed by atoms with E-state index in [-0.39, 0.29) is 17.5 Å². The SMILES string of the molecule is CCCCCOCCCCCNNC(=O)c1ccc(CNC(=O)c2ccon2)cc1. The summed E-state index contributed by atoms with van der Waals surface area (Å²) in [6.45, 7) is 4.91. The molecule has 0 spiro atoms. The van der Waals surface area contributed by atoms with Crippen LogP contribution in [0.2, 0.25) is 0 Å². The smallest absolute Gasteiger partial charge is 0.273 e. The number of hydrogen-bond donors (Lipinski definition) is 3. The van der Waals surface area contributed by atoms with Crippen molar-refractivity contribution in [1.29, 1.82) is 0 Å². The fourth-order valence-electron chi connectivity index (χ4n) is 2.74. The number of hydrogen-bond acceptors (Lipinski definition) is 6. The third kappa shape index (κ3) is 9.19. The normalized spacial score (nSPS) is 10.7. The zero-order chi connectivity index (χ0) is 21.4. The Morgan fingerprint density at radius 3 is 2.43 bits per heavy atom. The molecule has 164 valence electrons. The predicted molar refractivity (Wildman–Crippen MR) is 114 cm³/mol. The van der Waals surface area contributed by atoms with Crippen molar-refractivity contribution in [3.05, 3.63) is 53.4 Å². The van der Waals surface area contributed by atoms with E-state index in [1.807, 2.05) is 0 Å². The van der Waals surface area contributed by atoms with Gasteiger partial charge >= 0.3 is 0 Å². The Morgan fingerprint density at radius 1 is 0.967 bits per heavy atom. The van der Waals surface area contributed by atoms with Crippen molar-refractivity contribution < 1.29 is 18.8 Å². The Labute approximate surface area is 177 Å². The number of hydrazine groups is 1. The van der Waals surface area contributed by atoms with Crippen LogP contribution in [0.15, 0.2) is 41.1 Å². The number of nitrogens with one attached hydrogen (secondary N) is 3. The quantitative estimate of drug-likeness (QED) is 0.304. The summed E-state index contributed by atoms with van der Waals surface area (Å²) in [5, 5.41) is 6.32. The van der Waals surface area contributed by atoms with Crippen molar-refractivity contribution >= 4 is 11.8 Å². The number of carbonyl (C=O) groups excluding carboxylic acids is 2. The molecular weight excluding hydrogens is 384 g/mol. The van der Waals surface area contributed by atoms with E-state index in [4.69, 9.17) is 4.74 Å². The molecule has 8 nitrogen and oxygen atoms in total. The summed E-state index contributed by atoms with van der Waals surface area (Å²) in [6.07, 6.45) is 8.01. The molecule has 1 aromatic carbocycles. The van der Waals surface area contributed by atoms with Gasteiger partial charge in [-0.3, -0.25) is 15.0 Å². The lowest BCUT2D eigenvalue weighted by Gasteiger charge is -2.08. The van der Waals surface area contributed by atoms with E-state index < -0.39 is 0 Å². The topological polar surface area (TPSA) is 105 Å². The molecule has 0 saturated heterocycles. The van der Waals surface area contributed by atoms with E-state index in [1.165, 1.54) is 25.2 Å². The van der Waals surface area contributed by atoms with Crippen molar-refractivity contribution in [1.82, 2.24) is 21.3 Å². The van der Waals surface area contributed by atoms with E-state index in [0.717, 1.165) is 44.5 Å². The number of ether oxygens (including phenoxy) is 1. The fraction of sp³-hybridized carbons (Fsp3) is 0.500. The molecule has 0 unspecified atom stereocenters. The summed E-state index contributed by atoms with van der Waals surface area (Å²) in [7, 11) is 0. The van der Waals surface area contributed by atoms with Crippen LogP contribution >= 0.6 is 0 Å². The van der Waals surface area contributed by atoms with Gasteiger partial charge in [-0.05, 0) is 43.4 Å². The van der Waals surface area contributed by atoms with Crippen LogP contribution in [0, 0.1) is 0 Å². The van der Waals surface area contributed by atoms with Gasteiger partial charge in [-0.15, -0.1) is 0 Å². The number of carbonyl (C=O) groups is 2. The Balaban J connectivity index is 1.53. The van der Waals surface area contributed by atoms with Gasteiger partial charge in [-0.25, -0.2) is 5.43 Å². The molecule has 3 N–H and O–H groups in total. The van der Waals surface area contributed by atoms with Gasteiger partial charge in [0.2, 0.25) is 0 Å². The van der Waals surface area contributed by atoms with Crippen molar-refractivity contribution in [2.45, 2.75) is 52.0 Å². The van der Waals surface area contributed by atoms with Crippen molar-refractivity contribution in [3.63, 3.8) is 0 Å². The first-order valence-electron chi connectivity index (χ1n) is 10.6. The molecule has 30 heavy (non-hydrogen) atoms. The molecule has 0 atom stereocenters. The predicted octanol–water partition coefficient (Wildman–Crippen LogP) is 3.22. The Hall–Kier alpha value is -2.71. The zero-order valence-electron chi connectivity index (χ0n) is 17.6. The lowest BCUT2D eigenvalue weighted by atomic mass is 10.1. The first-order valence-corrected chi connectivity index (χ1v) is 10.6.